The Balaban J connectivity index is 2.17. The van der Waals surface area contributed by atoms with E-state index in [-0.39, 0.29) is 0 Å². The van der Waals surface area contributed by atoms with Gasteiger partial charge in [0.2, 0.25) is 0 Å². The van der Waals surface area contributed by atoms with Crippen molar-refractivity contribution < 1.29 is 4.74 Å². The third-order valence-electron chi connectivity index (χ3n) is 3.47. The van der Waals surface area contributed by atoms with E-state index in [2.05, 4.69) is 4.90 Å². The molecule has 1 aliphatic rings. The van der Waals surface area contributed by atoms with Gasteiger partial charge in [0.05, 0.1) is 28.6 Å². The lowest BCUT2D eigenvalue weighted by Gasteiger charge is -2.26. The van der Waals surface area contributed by atoms with Crippen LogP contribution < -0.4 is 15.4 Å². The number of benzene rings is 2. The van der Waals surface area contributed by atoms with Gasteiger partial charge in [0.1, 0.15) is 10.7 Å². The lowest BCUT2D eigenvalue weighted by molar-refractivity contribution is 0.322. The third-order valence-corrected chi connectivity index (χ3v) is 3.99. The van der Waals surface area contributed by atoms with Crippen molar-refractivity contribution in [2.24, 2.45) is 5.73 Å². The van der Waals surface area contributed by atoms with Gasteiger partial charge in [-0.05, 0) is 30.7 Å². The van der Waals surface area contributed by atoms with E-state index in [0.717, 1.165) is 30.1 Å². The van der Waals surface area contributed by atoms with Gasteiger partial charge >= 0.3 is 0 Å². The number of anilines is 2. The number of hydrogen-bond acceptors (Lipinski definition) is 3. The highest BCUT2D eigenvalue weighted by Gasteiger charge is 2.21. The molecule has 5 heteroatoms. The molecule has 3 rings (SSSR count). The fourth-order valence-electron chi connectivity index (χ4n) is 2.56. The van der Waals surface area contributed by atoms with Gasteiger partial charge in [0.15, 0.2) is 0 Å². The summed E-state index contributed by atoms with van der Waals surface area (Å²) in [5.74, 6) is 0.865. The highest BCUT2D eigenvalue weighted by molar-refractivity contribution is 7.80. The van der Waals surface area contributed by atoms with Crippen molar-refractivity contribution in [1.29, 1.82) is 0 Å². The van der Waals surface area contributed by atoms with Crippen LogP contribution in [0.2, 0.25) is 5.02 Å². The first kappa shape index (κ1) is 14.2. The molecule has 108 valence electrons. The van der Waals surface area contributed by atoms with Crippen LogP contribution in [0.1, 0.15) is 12.0 Å². The average Bonchev–Trinajstić information content (AvgIpc) is 2.68. The zero-order valence-corrected chi connectivity index (χ0v) is 13.0. The molecule has 0 bridgehead atoms. The summed E-state index contributed by atoms with van der Waals surface area (Å²) >= 11 is 11.5. The Morgan fingerprint density at radius 2 is 1.90 bits per heavy atom. The summed E-state index contributed by atoms with van der Waals surface area (Å²) in [6.07, 6.45) is 0.915. The van der Waals surface area contributed by atoms with E-state index >= 15 is 0 Å². The zero-order chi connectivity index (χ0) is 14.8. The maximum Gasteiger partial charge on any atom is 0.142 e. The van der Waals surface area contributed by atoms with Gasteiger partial charge < -0.3 is 15.4 Å². The van der Waals surface area contributed by atoms with Crippen LogP contribution in [-0.4, -0.2) is 18.1 Å². The maximum atomic E-state index is 6.29. The number of ether oxygens (including phenoxy) is 1. The Hall–Kier alpha value is -1.78. The van der Waals surface area contributed by atoms with Crippen molar-refractivity contribution >= 4 is 40.2 Å². The first-order valence-corrected chi connectivity index (χ1v) is 7.55. The van der Waals surface area contributed by atoms with Crippen molar-refractivity contribution in [3.63, 3.8) is 0 Å². The number of hydrogen-bond donors (Lipinski definition) is 1. The molecule has 0 fully saturated rings. The van der Waals surface area contributed by atoms with E-state index in [0.29, 0.717) is 22.2 Å². The molecular weight excluding hydrogens is 304 g/mol. The molecule has 0 aromatic heterocycles. The van der Waals surface area contributed by atoms with Gasteiger partial charge in [-0.25, -0.2) is 0 Å². The topological polar surface area (TPSA) is 38.5 Å². The van der Waals surface area contributed by atoms with Crippen molar-refractivity contribution in [2.45, 2.75) is 6.42 Å². The van der Waals surface area contributed by atoms with Gasteiger partial charge in [-0.15, -0.1) is 0 Å². The molecule has 0 aliphatic carbocycles. The van der Waals surface area contributed by atoms with Crippen molar-refractivity contribution in [3.05, 3.63) is 53.1 Å². The van der Waals surface area contributed by atoms with Crippen molar-refractivity contribution in [3.8, 4) is 5.75 Å². The van der Waals surface area contributed by atoms with E-state index in [1.165, 1.54) is 0 Å². The lowest BCUT2D eigenvalue weighted by atomic mass is 10.1. The summed E-state index contributed by atoms with van der Waals surface area (Å²) in [5.41, 5.74) is 8.52. The Morgan fingerprint density at radius 3 is 2.71 bits per heavy atom. The van der Waals surface area contributed by atoms with Crippen LogP contribution in [0.25, 0.3) is 0 Å². The largest absolute Gasteiger partial charge is 0.491 e. The predicted octanol–water partition coefficient (Wildman–Crippen LogP) is 3.89. The highest BCUT2D eigenvalue weighted by atomic mass is 35.5. The fraction of sp³-hybridized carbons (Fsp3) is 0.188. The van der Waals surface area contributed by atoms with Crippen LogP contribution in [0, 0.1) is 0 Å². The second kappa shape index (κ2) is 5.92. The monoisotopic (exact) mass is 318 g/mol. The minimum absolute atomic E-state index is 0.304. The van der Waals surface area contributed by atoms with Gasteiger partial charge in [0.25, 0.3) is 0 Å². The van der Waals surface area contributed by atoms with E-state index in [1.54, 1.807) is 6.07 Å². The molecule has 1 heterocycles. The van der Waals surface area contributed by atoms with Gasteiger partial charge in [-0.1, -0.05) is 42.0 Å². The molecule has 0 saturated carbocycles. The van der Waals surface area contributed by atoms with E-state index < -0.39 is 0 Å². The maximum absolute atomic E-state index is 6.29. The number of halogens is 1. The molecule has 21 heavy (non-hydrogen) atoms. The van der Waals surface area contributed by atoms with Gasteiger partial charge in [-0.2, -0.15) is 0 Å². The number of nitrogens with two attached hydrogens (primary N) is 1. The molecule has 0 amide bonds. The summed E-state index contributed by atoms with van der Waals surface area (Å²) in [4.78, 5) is 2.47. The summed E-state index contributed by atoms with van der Waals surface area (Å²) in [6.45, 7) is 1.52. The summed E-state index contributed by atoms with van der Waals surface area (Å²) < 4.78 is 5.79. The number of thiocarbonyl (C=S) groups is 1. The first-order chi connectivity index (χ1) is 10.2. The molecule has 0 spiro atoms. The standard InChI is InChI=1S/C16H15ClN2OS/c17-11-5-3-7-13(15(11)16(18)21)19-9-4-10-20-14-8-2-1-6-12(14)19/h1-3,5-8H,4,9-10H2,(H2,18,21). The van der Waals surface area contributed by atoms with Crippen LogP contribution in [0.3, 0.4) is 0 Å². The second-order valence-electron chi connectivity index (χ2n) is 4.82. The molecule has 0 radical (unpaired) electrons. The van der Waals surface area contributed by atoms with E-state index in [1.807, 2.05) is 36.4 Å². The Labute approximate surface area is 134 Å². The summed E-state index contributed by atoms with van der Waals surface area (Å²) in [7, 11) is 0. The average molecular weight is 319 g/mol. The minimum Gasteiger partial charge on any atom is -0.491 e. The van der Waals surface area contributed by atoms with E-state index in [4.69, 9.17) is 34.3 Å². The molecule has 0 saturated heterocycles. The fourth-order valence-corrected chi connectivity index (χ4v) is 3.10. The molecule has 2 N–H and O–H groups in total. The molecular formula is C16H15ClN2OS. The van der Waals surface area contributed by atoms with Crippen molar-refractivity contribution in [1.82, 2.24) is 0 Å². The minimum atomic E-state index is 0.304. The number of nitrogens with zero attached hydrogens (tertiary/aromatic N) is 1. The number of rotatable bonds is 2. The second-order valence-corrected chi connectivity index (χ2v) is 5.67. The lowest BCUT2D eigenvalue weighted by Crippen LogP contribution is -2.22. The normalized spacial score (nSPS) is 14.0. The summed E-state index contributed by atoms with van der Waals surface area (Å²) in [5, 5.41) is 0.572. The molecule has 2 aromatic carbocycles. The summed E-state index contributed by atoms with van der Waals surface area (Å²) in [6, 6.07) is 13.7. The quantitative estimate of drug-likeness (QED) is 0.852. The van der Waals surface area contributed by atoms with Gasteiger partial charge in [0, 0.05) is 6.54 Å². The van der Waals surface area contributed by atoms with Crippen molar-refractivity contribution in [2.75, 3.05) is 18.1 Å². The Morgan fingerprint density at radius 1 is 1.14 bits per heavy atom. The molecule has 0 unspecified atom stereocenters. The zero-order valence-electron chi connectivity index (χ0n) is 11.4. The Bertz CT molecular complexity index is 690. The highest BCUT2D eigenvalue weighted by Crippen LogP contribution is 2.38. The van der Waals surface area contributed by atoms with Crippen LogP contribution in [-0.2, 0) is 0 Å². The van der Waals surface area contributed by atoms with E-state index in [9.17, 15) is 0 Å². The number of para-hydroxylation sites is 2. The van der Waals surface area contributed by atoms with Gasteiger partial charge in [-0.3, -0.25) is 0 Å². The van der Waals surface area contributed by atoms with Crippen LogP contribution in [0.5, 0.6) is 5.75 Å². The van der Waals surface area contributed by atoms with Crippen LogP contribution in [0.15, 0.2) is 42.5 Å². The smallest absolute Gasteiger partial charge is 0.142 e. The van der Waals surface area contributed by atoms with Crippen LogP contribution in [0.4, 0.5) is 11.4 Å². The molecule has 2 aromatic rings. The third kappa shape index (κ3) is 2.69. The molecule has 3 nitrogen and oxygen atoms in total. The predicted molar refractivity (Wildman–Crippen MR) is 90.9 cm³/mol. The first-order valence-electron chi connectivity index (χ1n) is 6.76. The van der Waals surface area contributed by atoms with Crippen LogP contribution >= 0.6 is 23.8 Å². The Kier molecular flexibility index (Phi) is 3.99. The molecule has 1 aliphatic heterocycles. The SMILES string of the molecule is NC(=S)c1c(Cl)cccc1N1CCCOc2ccccc21. The number of fused-ring (bicyclic) bond motifs is 1. The molecule has 0 atom stereocenters.